The van der Waals surface area contributed by atoms with Gasteiger partial charge < -0.3 is 15.1 Å². The van der Waals surface area contributed by atoms with Crippen molar-refractivity contribution in [2.45, 2.75) is 46.1 Å². The zero-order valence-electron chi connectivity index (χ0n) is 17.8. The number of allylic oxidation sites excluding steroid dienone is 2. The van der Waals surface area contributed by atoms with Gasteiger partial charge in [-0.1, -0.05) is 31.2 Å². The van der Waals surface area contributed by atoms with Gasteiger partial charge in [0.25, 0.3) is 0 Å². The van der Waals surface area contributed by atoms with Crippen molar-refractivity contribution in [2.75, 3.05) is 7.05 Å². The molecule has 0 aliphatic carbocycles. The fourth-order valence-electron chi connectivity index (χ4n) is 3.50. The van der Waals surface area contributed by atoms with E-state index in [-0.39, 0.29) is 23.4 Å². The van der Waals surface area contributed by atoms with Crippen molar-refractivity contribution >= 4 is 5.91 Å². The Hall–Kier alpha value is -3.01. The first-order valence-electron chi connectivity index (χ1n) is 9.91. The molecule has 0 saturated heterocycles. The smallest absolute Gasteiger partial charge is 0.219 e. The van der Waals surface area contributed by atoms with Gasteiger partial charge in [-0.05, 0) is 60.6 Å². The number of hydrogen-bond donors (Lipinski definition) is 2. The minimum atomic E-state index is -0.117. The van der Waals surface area contributed by atoms with E-state index in [0.717, 1.165) is 22.3 Å². The van der Waals surface area contributed by atoms with Gasteiger partial charge in [0.1, 0.15) is 11.5 Å². The normalized spacial score (nSPS) is 11.7. The van der Waals surface area contributed by atoms with Crippen molar-refractivity contribution in [3.8, 4) is 22.6 Å². The highest BCUT2D eigenvalue weighted by atomic mass is 16.3. The topological polar surface area (TPSA) is 60.8 Å². The highest BCUT2D eigenvalue weighted by molar-refractivity contribution is 5.77. The van der Waals surface area contributed by atoms with Crippen LogP contribution in [0.3, 0.4) is 0 Å². The Bertz CT molecular complexity index is 930. The summed E-state index contributed by atoms with van der Waals surface area (Å²) in [6.07, 6.45) is 5.20. The van der Waals surface area contributed by atoms with Gasteiger partial charge in [-0.15, -0.1) is 13.2 Å². The summed E-state index contributed by atoms with van der Waals surface area (Å²) in [5.41, 5.74) is 4.81. The molecule has 0 radical (unpaired) electrons. The molecular weight excluding hydrogens is 362 g/mol. The number of carbonyl (C=O) groups is 1. The molecule has 0 fully saturated rings. The van der Waals surface area contributed by atoms with Crippen LogP contribution in [-0.4, -0.2) is 28.1 Å². The lowest BCUT2D eigenvalue weighted by Crippen LogP contribution is -2.27. The van der Waals surface area contributed by atoms with Gasteiger partial charge >= 0.3 is 0 Å². The molecular formula is C25H31NO3. The van der Waals surface area contributed by atoms with E-state index in [0.29, 0.717) is 30.4 Å². The van der Waals surface area contributed by atoms with Crippen LogP contribution in [0.4, 0.5) is 0 Å². The van der Waals surface area contributed by atoms with Crippen LogP contribution in [0, 0.1) is 0 Å². The van der Waals surface area contributed by atoms with Crippen molar-refractivity contribution in [1.29, 1.82) is 0 Å². The first kappa shape index (κ1) is 22.3. The lowest BCUT2D eigenvalue weighted by Gasteiger charge is -2.25. The minimum absolute atomic E-state index is 0.0119. The second-order valence-corrected chi connectivity index (χ2v) is 7.37. The maximum atomic E-state index is 11.8. The van der Waals surface area contributed by atoms with Crippen LogP contribution in [0.25, 0.3) is 11.1 Å². The fraction of sp³-hybridized carbons (Fsp3) is 0.320. The summed E-state index contributed by atoms with van der Waals surface area (Å²) >= 11 is 0. The van der Waals surface area contributed by atoms with Crippen LogP contribution in [0.2, 0.25) is 0 Å². The fourth-order valence-corrected chi connectivity index (χ4v) is 3.50. The lowest BCUT2D eigenvalue weighted by atomic mass is 9.91. The number of carbonyl (C=O) groups excluding carboxylic acids is 1. The molecule has 0 heterocycles. The number of amides is 1. The van der Waals surface area contributed by atoms with Gasteiger partial charge in [-0.3, -0.25) is 4.79 Å². The number of nitrogens with zero attached hydrogens (tertiary/aromatic N) is 1. The summed E-state index contributed by atoms with van der Waals surface area (Å²) in [5.74, 6) is 0.178. The molecule has 4 heteroatoms. The Labute approximate surface area is 173 Å². The van der Waals surface area contributed by atoms with Crippen LogP contribution in [-0.2, 0) is 24.1 Å². The zero-order chi connectivity index (χ0) is 21.7. The third-order valence-electron chi connectivity index (χ3n) is 5.45. The molecule has 1 amide bonds. The van der Waals surface area contributed by atoms with Gasteiger partial charge in [0.2, 0.25) is 5.91 Å². The molecule has 0 bridgehead atoms. The Balaban J connectivity index is 2.73. The molecule has 0 spiro atoms. The van der Waals surface area contributed by atoms with Crippen molar-refractivity contribution in [2.24, 2.45) is 0 Å². The molecule has 4 nitrogen and oxygen atoms in total. The average Bonchev–Trinajstić information content (AvgIpc) is 2.70. The summed E-state index contributed by atoms with van der Waals surface area (Å²) in [7, 11) is 1.78. The Morgan fingerprint density at radius 2 is 1.76 bits per heavy atom. The molecule has 29 heavy (non-hydrogen) atoms. The SMILES string of the molecule is C=CCc1cc(-c2cc(CC)c(O)c(CC=C)c2O)cc(C(C)N(C)C(C)=O)c1. The molecule has 154 valence electrons. The monoisotopic (exact) mass is 393 g/mol. The minimum Gasteiger partial charge on any atom is -0.507 e. The first-order chi connectivity index (χ1) is 13.7. The van der Waals surface area contributed by atoms with Crippen molar-refractivity contribution in [3.63, 3.8) is 0 Å². The van der Waals surface area contributed by atoms with Crippen LogP contribution >= 0.6 is 0 Å². The number of phenols is 2. The van der Waals surface area contributed by atoms with E-state index in [1.807, 2.05) is 38.1 Å². The Kier molecular flexibility index (Phi) is 7.27. The summed E-state index contributed by atoms with van der Waals surface area (Å²) in [4.78, 5) is 13.5. The summed E-state index contributed by atoms with van der Waals surface area (Å²) < 4.78 is 0. The van der Waals surface area contributed by atoms with Crippen LogP contribution in [0.15, 0.2) is 49.6 Å². The molecule has 1 unspecified atom stereocenters. The average molecular weight is 394 g/mol. The molecule has 2 aromatic carbocycles. The summed E-state index contributed by atoms with van der Waals surface area (Å²) in [6, 6.07) is 7.81. The third-order valence-corrected chi connectivity index (χ3v) is 5.45. The van der Waals surface area contributed by atoms with Gasteiger partial charge in [0, 0.05) is 25.1 Å². The van der Waals surface area contributed by atoms with E-state index in [2.05, 4.69) is 19.2 Å². The maximum Gasteiger partial charge on any atom is 0.219 e. The maximum absolute atomic E-state index is 11.8. The number of aromatic hydroxyl groups is 2. The van der Waals surface area contributed by atoms with Crippen LogP contribution < -0.4 is 0 Å². The van der Waals surface area contributed by atoms with E-state index in [4.69, 9.17) is 0 Å². The van der Waals surface area contributed by atoms with Gasteiger partial charge in [0.15, 0.2) is 0 Å². The third kappa shape index (κ3) is 4.70. The van der Waals surface area contributed by atoms with E-state index < -0.39 is 0 Å². The second-order valence-electron chi connectivity index (χ2n) is 7.37. The predicted octanol–water partition coefficient (Wildman–Crippen LogP) is 5.32. The molecule has 0 saturated carbocycles. The Morgan fingerprint density at radius 3 is 2.31 bits per heavy atom. The molecule has 0 aliphatic rings. The highest BCUT2D eigenvalue weighted by Crippen LogP contribution is 2.41. The summed E-state index contributed by atoms with van der Waals surface area (Å²) in [5, 5.41) is 21.5. The summed E-state index contributed by atoms with van der Waals surface area (Å²) in [6.45, 7) is 13.1. The zero-order valence-corrected chi connectivity index (χ0v) is 17.8. The number of benzene rings is 2. The standard InChI is InChI=1S/C25H31NO3/c1-7-10-18-12-20(16(4)26(6)17(5)27)14-21(13-18)23-15-19(9-3)24(28)22(11-8-2)25(23)29/h7-8,12-16,28-29H,1-2,9-11H2,3-6H3. The quantitative estimate of drug-likeness (QED) is 0.597. The first-order valence-corrected chi connectivity index (χ1v) is 9.91. The van der Waals surface area contributed by atoms with E-state index in [1.54, 1.807) is 24.9 Å². The van der Waals surface area contributed by atoms with Crippen LogP contribution in [0.1, 0.15) is 49.1 Å². The predicted molar refractivity (Wildman–Crippen MR) is 119 cm³/mol. The van der Waals surface area contributed by atoms with E-state index >= 15 is 0 Å². The lowest BCUT2D eigenvalue weighted by molar-refractivity contribution is -0.129. The van der Waals surface area contributed by atoms with Gasteiger partial charge in [-0.2, -0.15) is 0 Å². The number of phenolic OH excluding ortho intramolecular Hbond substituents is 2. The second kappa shape index (κ2) is 9.46. The number of rotatable bonds is 8. The van der Waals surface area contributed by atoms with Gasteiger partial charge in [-0.25, -0.2) is 0 Å². The molecule has 1 atom stereocenters. The highest BCUT2D eigenvalue weighted by Gasteiger charge is 2.20. The molecule has 2 aromatic rings. The molecule has 2 rings (SSSR count). The molecule has 2 N–H and O–H groups in total. The van der Waals surface area contributed by atoms with Gasteiger partial charge in [0.05, 0.1) is 6.04 Å². The molecule has 0 aliphatic heterocycles. The Morgan fingerprint density at radius 1 is 1.10 bits per heavy atom. The van der Waals surface area contributed by atoms with Crippen LogP contribution in [0.5, 0.6) is 11.5 Å². The number of hydrogen-bond acceptors (Lipinski definition) is 3. The van der Waals surface area contributed by atoms with E-state index in [1.165, 1.54) is 0 Å². The van der Waals surface area contributed by atoms with Crippen molar-refractivity contribution in [1.82, 2.24) is 4.90 Å². The van der Waals surface area contributed by atoms with E-state index in [9.17, 15) is 15.0 Å². The van der Waals surface area contributed by atoms with Crippen molar-refractivity contribution < 1.29 is 15.0 Å². The number of aryl methyl sites for hydroxylation is 1. The van der Waals surface area contributed by atoms with Crippen molar-refractivity contribution in [3.05, 3.63) is 71.8 Å². The molecule has 0 aromatic heterocycles. The largest absolute Gasteiger partial charge is 0.507 e.